The highest BCUT2D eigenvalue weighted by Crippen LogP contribution is 2.22. The highest BCUT2D eigenvalue weighted by atomic mass is 16.5. The van der Waals surface area contributed by atoms with Crippen LogP contribution in [0, 0.1) is 0 Å². The Balaban J connectivity index is 1.92. The maximum absolute atomic E-state index is 9.32. The third kappa shape index (κ3) is 2.50. The Labute approximate surface area is 121 Å². The predicted octanol–water partition coefficient (Wildman–Crippen LogP) is 1.02. The molecule has 0 aliphatic heterocycles. The van der Waals surface area contributed by atoms with Crippen molar-refractivity contribution in [3.8, 4) is 5.88 Å². The summed E-state index contributed by atoms with van der Waals surface area (Å²) in [6, 6.07) is 7.51. The van der Waals surface area contributed by atoms with Crippen molar-refractivity contribution < 1.29 is 9.84 Å². The molecule has 0 unspecified atom stereocenters. The minimum Gasteiger partial charge on any atom is -0.471 e. The Kier molecular flexibility index (Phi) is 3.41. The fourth-order valence-electron chi connectivity index (χ4n) is 2.10. The average molecular weight is 284 g/mol. The number of rotatable bonds is 4. The standard InChI is InChI=1S/C14H15N5O2/c1-19-8-16-11-12(19)17-14(15)18-13(11)21-7-10-5-3-2-4-9(10)6-20/h2-5,8,20H,6-7H2,1H3,(H2,15,17,18)/i1-1. The van der Waals surface area contributed by atoms with E-state index in [9.17, 15) is 5.11 Å². The van der Waals surface area contributed by atoms with Gasteiger partial charge < -0.3 is 20.1 Å². The lowest BCUT2D eigenvalue weighted by atomic mass is 10.1. The van der Waals surface area contributed by atoms with E-state index in [1.165, 1.54) is 0 Å². The maximum Gasteiger partial charge on any atom is 0.247 e. The van der Waals surface area contributed by atoms with Gasteiger partial charge in [-0.05, 0) is 11.1 Å². The largest absolute Gasteiger partial charge is 0.471 e. The molecule has 0 bridgehead atoms. The maximum atomic E-state index is 9.32. The molecule has 3 N–H and O–H groups in total. The van der Waals surface area contributed by atoms with Crippen LogP contribution < -0.4 is 10.5 Å². The molecule has 7 heteroatoms. The van der Waals surface area contributed by atoms with Gasteiger partial charge in [-0.2, -0.15) is 9.97 Å². The SMILES string of the molecule is [11CH3]n1cnc2c(OCc3ccccc3CO)nc(N)nc21. The molecule has 0 saturated carbocycles. The molecule has 7 nitrogen and oxygen atoms in total. The van der Waals surface area contributed by atoms with E-state index < -0.39 is 0 Å². The quantitative estimate of drug-likeness (QED) is 0.742. The van der Waals surface area contributed by atoms with Gasteiger partial charge in [-0.25, -0.2) is 4.98 Å². The summed E-state index contributed by atoms with van der Waals surface area (Å²) in [5, 5.41) is 9.32. The van der Waals surface area contributed by atoms with E-state index in [1.807, 2.05) is 31.3 Å². The van der Waals surface area contributed by atoms with Crippen molar-refractivity contribution in [2.45, 2.75) is 13.2 Å². The minimum absolute atomic E-state index is 0.0373. The highest BCUT2D eigenvalue weighted by molar-refractivity contribution is 5.77. The third-order valence-corrected chi connectivity index (χ3v) is 3.20. The Bertz CT molecular complexity index is 784. The summed E-state index contributed by atoms with van der Waals surface area (Å²) < 4.78 is 7.48. The molecule has 0 aliphatic carbocycles. The molecule has 0 saturated heterocycles. The van der Waals surface area contributed by atoms with E-state index in [4.69, 9.17) is 10.5 Å². The summed E-state index contributed by atoms with van der Waals surface area (Å²) in [5.41, 5.74) is 8.58. The Hall–Kier alpha value is -2.67. The zero-order valence-electron chi connectivity index (χ0n) is 11.5. The molecule has 21 heavy (non-hydrogen) atoms. The molecule has 3 aromatic rings. The number of aromatic nitrogens is 4. The number of aliphatic hydroxyl groups excluding tert-OH is 1. The lowest BCUT2D eigenvalue weighted by Gasteiger charge is -2.09. The van der Waals surface area contributed by atoms with Crippen LogP contribution in [-0.4, -0.2) is 24.6 Å². The second kappa shape index (κ2) is 5.37. The first-order valence-electron chi connectivity index (χ1n) is 6.44. The van der Waals surface area contributed by atoms with E-state index in [0.717, 1.165) is 11.1 Å². The van der Waals surface area contributed by atoms with E-state index >= 15 is 0 Å². The summed E-state index contributed by atoms with van der Waals surface area (Å²) in [5.74, 6) is 0.474. The van der Waals surface area contributed by atoms with Gasteiger partial charge in [0.25, 0.3) is 0 Å². The summed E-state index contributed by atoms with van der Waals surface area (Å²) in [6.45, 7) is 0.239. The number of anilines is 1. The number of nitrogens with two attached hydrogens (primary N) is 1. The van der Waals surface area contributed by atoms with Gasteiger partial charge in [-0.15, -0.1) is 0 Å². The summed E-state index contributed by atoms with van der Waals surface area (Å²) in [4.78, 5) is 12.4. The third-order valence-electron chi connectivity index (χ3n) is 3.20. The Morgan fingerprint density at radius 1 is 1.24 bits per heavy atom. The van der Waals surface area contributed by atoms with Crippen LogP contribution in [0.15, 0.2) is 30.6 Å². The van der Waals surface area contributed by atoms with Crippen molar-refractivity contribution in [2.75, 3.05) is 5.73 Å². The van der Waals surface area contributed by atoms with E-state index in [-0.39, 0.29) is 19.2 Å². The van der Waals surface area contributed by atoms with E-state index in [2.05, 4.69) is 15.0 Å². The zero-order chi connectivity index (χ0) is 14.8. The van der Waals surface area contributed by atoms with Crippen molar-refractivity contribution in [3.05, 3.63) is 41.7 Å². The molecule has 2 aromatic heterocycles. The number of ether oxygens (including phenoxy) is 1. The van der Waals surface area contributed by atoms with Crippen LogP contribution in [0.4, 0.5) is 5.95 Å². The fraction of sp³-hybridized carbons (Fsp3) is 0.214. The molecule has 0 fully saturated rings. The lowest BCUT2D eigenvalue weighted by molar-refractivity contribution is 0.267. The number of nitrogens with zero attached hydrogens (tertiary/aromatic N) is 4. The molecule has 0 aliphatic rings. The van der Waals surface area contributed by atoms with Crippen LogP contribution in [0.2, 0.25) is 0 Å². The Morgan fingerprint density at radius 3 is 2.76 bits per heavy atom. The lowest BCUT2D eigenvalue weighted by Crippen LogP contribution is -2.05. The van der Waals surface area contributed by atoms with Crippen LogP contribution >= 0.6 is 0 Å². The monoisotopic (exact) mass is 284 g/mol. The first-order chi connectivity index (χ1) is 10.2. The molecule has 2 heterocycles. The topological polar surface area (TPSA) is 99.1 Å². The van der Waals surface area contributed by atoms with Gasteiger partial charge in [0, 0.05) is 7.05 Å². The van der Waals surface area contributed by atoms with E-state index in [0.29, 0.717) is 17.0 Å². The number of aryl methyl sites for hydroxylation is 1. The van der Waals surface area contributed by atoms with Crippen molar-refractivity contribution in [3.63, 3.8) is 0 Å². The van der Waals surface area contributed by atoms with Crippen LogP contribution in [-0.2, 0) is 20.3 Å². The number of imidazole rings is 1. The van der Waals surface area contributed by atoms with Gasteiger partial charge in [0.1, 0.15) is 6.61 Å². The first kappa shape index (κ1) is 13.3. The number of benzene rings is 1. The van der Waals surface area contributed by atoms with Gasteiger partial charge in [-0.3, -0.25) is 0 Å². The summed E-state index contributed by atoms with van der Waals surface area (Å²) in [7, 11) is 1.83. The first-order valence-corrected chi connectivity index (χ1v) is 6.44. The fourth-order valence-corrected chi connectivity index (χ4v) is 2.10. The molecule has 0 spiro atoms. The molecular weight excluding hydrogens is 269 g/mol. The summed E-state index contributed by atoms with van der Waals surface area (Å²) in [6.07, 6.45) is 1.63. The molecule has 1 aromatic carbocycles. The van der Waals surface area contributed by atoms with E-state index in [1.54, 1.807) is 10.9 Å². The molecule has 3 rings (SSSR count). The molecule has 108 valence electrons. The number of hydrogen-bond acceptors (Lipinski definition) is 6. The van der Waals surface area contributed by atoms with Crippen LogP contribution in [0.3, 0.4) is 0 Å². The number of aliphatic hydroxyl groups is 1. The number of nitrogen functional groups attached to an aromatic ring is 1. The average Bonchev–Trinajstić information content (AvgIpc) is 2.86. The molecule has 0 atom stereocenters. The molecule has 0 radical (unpaired) electrons. The van der Waals surface area contributed by atoms with Gasteiger partial charge in [0.15, 0.2) is 11.2 Å². The normalized spacial score (nSPS) is 11.0. The smallest absolute Gasteiger partial charge is 0.247 e. The van der Waals surface area contributed by atoms with Crippen molar-refractivity contribution in [1.82, 2.24) is 19.5 Å². The van der Waals surface area contributed by atoms with Gasteiger partial charge >= 0.3 is 0 Å². The van der Waals surface area contributed by atoms with Crippen LogP contribution in [0.5, 0.6) is 5.88 Å². The second-order valence-electron chi connectivity index (χ2n) is 4.63. The van der Waals surface area contributed by atoms with Gasteiger partial charge in [0.05, 0.1) is 12.9 Å². The number of hydrogen-bond donors (Lipinski definition) is 2. The van der Waals surface area contributed by atoms with Crippen molar-refractivity contribution >= 4 is 17.1 Å². The number of fused-ring (bicyclic) bond motifs is 1. The van der Waals surface area contributed by atoms with Gasteiger partial charge in [0.2, 0.25) is 11.8 Å². The molecule has 0 amide bonds. The van der Waals surface area contributed by atoms with Gasteiger partial charge in [-0.1, -0.05) is 24.3 Å². The van der Waals surface area contributed by atoms with Crippen molar-refractivity contribution in [1.29, 1.82) is 0 Å². The predicted molar refractivity (Wildman–Crippen MR) is 77.4 cm³/mol. The van der Waals surface area contributed by atoms with Crippen LogP contribution in [0.25, 0.3) is 11.2 Å². The second-order valence-corrected chi connectivity index (χ2v) is 4.63. The Morgan fingerprint density at radius 2 is 2.00 bits per heavy atom. The van der Waals surface area contributed by atoms with Crippen molar-refractivity contribution in [2.24, 2.45) is 7.05 Å². The highest BCUT2D eigenvalue weighted by Gasteiger charge is 2.12. The summed E-state index contributed by atoms with van der Waals surface area (Å²) >= 11 is 0. The van der Waals surface area contributed by atoms with Crippen LogP contribution in [0.1, 0.15) is 11.1 Å². The zero-order valence-corrected chi connectivity index (χ0v) is 11.5. The molecular formula is C14H15N5O2. The minimum atomic E-state index is -0.0373.